The quantitative estimate of drug-likeness (QED) is 0.637. The summed E-state index contributed by atoms with van der Waals surface area (Å²) >= 11 is 0. The summed E-state index contributed by atoms with van der Waals surface area (Å²) < 4.78 is 5.19. The van der Waals surface area contributed by atoms with E-state index in [0.29, 0.717) is 5.56 Å². The summed E-state index contributed by atoms with van der Waals surface area (Å²) in [6, 6.07) is 3.44. The van der Waals surface area contributed by atoms with Crippen LogP contribution in [0.1, 0.15) is 64.3 Å². The lowest BCUT2D eigenvalue weighted by Gasteiger charge is -2.34. The normalized spacial score (nSPS) is 13.7. The van der Waals surface area contributed by atoms with E-state index in [1.165, 1.54) is 11.9 Å². The number of likely N-dealkylation sites (N-methyl/N-ethyl adjacent to an activating group) is 1. The van der Waals surface area contributed by atoms with Crippen molar-refractivity contribution in [3.8, 4) is 0 Å². The SMILES string of the molecule is Cc1cccc(C)c1C(C(=O)NC(C)(C)C)N(C)C(=O)C(CO)NC(=O)OC(C)(C)C. The van der Waals surface area contributed by atoms with E-state index in [-0.39, 0.29) is 5.91 Å². The average molecular weight is 436 g/mol. The van der Waals surface area contributed by atoms with Crippen molar-refractivity contribution in [1.29, 1.82) is 0 Å². The molecule has 1 aromatic rings. The first-order valence-electron chi connectivity index (χ1n) is 10.3. The summed E-state index contributed by atoms with van der Waals surface area (Å²) in [6.07, 6.45) is -0.823. The summed E-state index contributed by atoms with van der Waals surface area (Å²) in [5.41, 5.74) is 1.14. The van der Waals surface area contributed by atoms with Gasteiger partial charge in [-0.05, 0) is 72.1 Å². The second-order valence-corrected chi connectivity index (χ2v) is 9.78. The van der Waals surface area contributed by atoms with E-state index in [1.54, 1.807) is 20.8 Å². The standard InChI is InChI=1S/C23H37N3O5/c1-14-11-10-12-15(2)17(14)18(19(28)25-22(3,4)5)26(9)20(29)16(13-27)24-21(30)31-23(6,7)8/h10-12,16,18,27H,13H2,1-9H3,(H,24,30)(H,25,28). The molecule has 0 aliphatic rings. The number of benzene rings is 1. The van der Waals surface area contributed by atoms with Gasteiger partial charge >= 0.3 is 6.09 Å². The van der Waals surface area contributed by atoms with Crippen LogP contribution in [0.4, 0.5) is 4.79 Å². The monoisotopic (exact) mass is 435 g/mol. The maximum Gasteiger partial charge on any atom is 0.408 e. The summed E-state index contributed by atoms with van der Waals surface area (Å²) in [5.74, 6) is -0.959. The Morgan fingerprint density at radius 3 is 2.00 bits per heavy atom. The summed E-state index contributed by atoms with van der Waals surface area (Å²) in [4.78, 5) is 39.8. The Balaban J connectivity index is 3.29. The van der Waals surface area contributed by atoms with E-state index in [2.05, 4.69) is 10.6 Å². The molecule has 174 valence electrons. The van der Waals surface area contributed by atoms with Crippen LogP contribution in [0.2, 0.25) is 0 Å². The highest BCUT2D eigenvalue weighted by molar-refractivity contribution is 5.92. The van der Waals surface area contributed by atoms with Gasteiger partial charge in [-0.25, -0.2) is 4.79 Å². The number of aliphatic hydroxyl groups is 1. The van der Waals surface area contributed by atoms with Gasteiger partial charge in [0.25, 0.3) is 0 Å². The number of amides is 3. The van der Waals surface area contributed by atoms with Crippen LogP contribution in [0.3, 0.4) is 0 Å². The van der Waals surface area contributed by atoms with Gasteiger partial charge in [-0.15, -0.1) is 0 Å². The second kappa shape index (κ2) is 10.1. The lowest BCUT2D eigenvalue weighted by Crippen LogP contribution is -2.54. The molecule has 0 aromatic heterocycles. The van der Waals surface area contributed by atoms with Crippen molar-refractivity contribution in [2.75, 3.05) is 13.7 Å². The zero-order chi connectivity index (χ0) is 24.1. The fourth-order valence-corrected chi connectivity index (χ4v) is 3.21. The Morgan fingerprint density at radius 2 is 1.58 bits per heavy atom. The van der Waals surface area contributed by atoms with E-state index >= 15 is 0 Å². The van der Waals surface area contributed by atoms with Crippen LogP contribution in [-0.2, 0) is 14.3 Å². The maximum atomic E-state index is 13.3. The van der Waals surface area contributed by atoms with Gasteiger partial charge in [-0.2, -0.15) is 0 Å². The summed E-state index contributed by atoms with van der Waals surface area (Å²) in [5, 5.41) is 15.1. The molecule has 2 atom stereocenters. The molecule has 0 fully saturated rings. The van der Waals surface area contributed by atoms with Crippen LogP contribution in [-0.4, -0.2) is 58.8 Å². The molecule has 3 N–H and O–H groups in total. The first-order valence-corrected chi connectivity index (χ1v) is 10.3. The number of nitrogens with zero attached hydrogens (tertiary/aromatic N) is 1. The van der Waals surface area contributed by atoms with E-state index in [4.69, 9.17) is 4.74 Å². The molecule has 1 rings (SSSR count). The van der Waals surface area contributed by atoms with Gasteiger partial charge in [0.2, 0.25) is 11.8 Å². The fraction of sp³-hybridized carbons (Fsp3) is 0.609. The van der Waals surface area contributed by atoms with Gasteiger partial charge in [0.15, 0.2) is 0 Å². The molecule has 0 aliphatic heterocycles. The molecule has 31 heavy (non-hydrogen) atoms. The number of carbonyl (C=O) groups is 3. The molecule has 0 aliphatic carbocycles. The lowest BCUT2D eigenvalue weighted by atomic mass is 9.93. The smallest absolute Gasteiger partial charge is 0.408 e. The van der Waals surface area contributed by atoms with Crippen molar-refractivity contribution in [3.63, 3.8) is 0 Å². The van der Waals surface area contributed by atoms with Crippen LogP contribution < -0.4 is 10.6 Å². The maximum absolute atomic E-state index is 13.3. The molecule has 0 heterocycles. The molecule has 8 nitrogen and oxygen atoms in total. The Kier molecular flexibility index (Phi) is 8.64. The van der Waals surface area contributed by atoms with Crippen LogP contribution >= 0.6 is 0 Å². The van der Waals surface area contributed by atoms with E-state index in [9.17, 15) is 19.5 Å². The highest BCUT2D eigenvalue weighted by Crippen LogP contribution is 2.28. The van der Waals surface area contributed by atoms with Crippen molar-refractivity contribution >= 4 is 17.9 Å². The molecule has 0 bridgehead atoms. The second-order valence-electron chi connectivity index (χ2n) is 9.78. The number of alkyl carbamates (subject to hydrolysis) is 1. The van der Waals surface area contributed by atoms with E-state index in [1.807, 2.05) is 52.8 Å². The van der Waals surface area contributed by atoms with Crippen LogP contribution in [0.25, 0.3) is 0 Å². The molecule has 0 saturated heterocycles. The summed E-state index contributed by atoms with van der Waals surface area (Å²) in [7, 11) is 1.49. The minimum Gasteiger partial charge on any atom is -0.444 e. The Bertz CT molecular complexity index is 788. The van der Waals surface area contributed by atoms with E-state index < -0.39 is 41.8 Å². The molecule has 3 amide bonds. The Labute approximate surface area is 185 Å². The third-order valence-electron chi connectivity index (χ3n) is 4.47. The number of carbonyl (C=O) groups excluding carboxylic acids is 3. The zero-order valence-corrected chi connectivity index (χ0v) is 20.1. The molecule has 8 heteroatoms. The van der Waals surface area contributed by atoms with Gasteiger partial charge in [0.1, 0.15) is 17.7 Å². The number of aryl methyl sites for hydroxylation is 2. The lowest BCUT2D eigenvalue weighted by molar-refractivity contribution is -0.142. The molecule has 2 unspecified atom stereocenters. The minimum atomic E-state index is -1.26. The van der Waals surface area contributed by atoms with Gasteiger partial charge in [0.05, 0.1) is 6.61 Å². The van der Waals surface area contributed by atoms with Gasteiger partial charge in [0, 0.05) is 12.6 Å². The predicted molar refractivity (Wildman–Crippen MR) is 120 cm³/mol. The first kappa shape index (κ1) is 26.4. The van der Waals surface area contributed by atoms with Gasteiger partial charge < -0.3 is 25.4 Å². The highest BCUT2D eigenvalue weighted by atomic mass is 16.6. The molecule has 1 aromatic carbocycles. The number of ether oxygens (including phenoxy) is 1. The molecule has 0 radical (unpaired) electrons. The zero-order valence-electron chi connectivity index (χ0n) is 20.1. The topological polar surface area (TPSA) is 108 Å². The van der Waals surface area contributed by atoms with Crippen molar-refractivity contribution in [1.82, 2.24) is 15.5 Å². The molecule has 0 spiro atoms. The Hall–Kier alpha value is -2.61. The van der Waals surface area contributed by atoms with E-state index in [0.717, 1.165) is 11.1 Å². The number of aliphatic hydroxyl groups excluding tert-OH is 1. The van der Waals surface area contributed by atoms with Crippen molar-refractivity contribution in [2.45, 2.75) is 78.6 Å². The average Bonchev–Trinajstić information content (AvgIpc) is 2.58. The molecular weight excluding hydrogens is 398 g/mol. The van der Waals surface area contributed by atoms with Crippen molar-refractivity contribution in [3.05, 3.63) is 34.9 Å². The first-order chi connectivity index (χ1) is 14.1. The van der Waals surface area contributed by atoms with Crippen LogP contribution in [0, 0.1) is 13.8 Å². The predicted octanol–water partition coefficient (Wildman–Crippen LogP) is 2.60. The highest BCUT2D eigenvalue weighted by Gasteiger charge is 2.36. The third kappa shape index (κ3) is 7.86. The Morgan fingerprint density at radius 1 is 1.06 bits per heavy atom. The number of nitrogens with one attached hydrogen (secondary N) is 2. The van der Waals surface area contributed by atoms with Gasteiger partial charge in [-0.3, -0.25) is 9.59 Å². The van der Waals surface area contributed by atoms with Crippen LogP contribution in [0.15, 0.2) is 18.2 Å². The van der Waals surface area contributed by atoms with Crippen molar-refractivity contribution < 1.29 is 24.2 Å². The number of rotatable bonds is 6. The fourth-order valence-electron chi connectivity index (χ4n) is 3.21. The largest absolute Gasteiger partial charge is 0.444 e. The number of hydrogen-bond donors (Lipinski definition) is 3. The minimum absolute atomic E-state index is 0.352. The third-order valence-corrected chi connectivity index (χ3v) is 4.47. The van der Waals surface area contributed by atoms with Gasteiger partial charge in [-0.1, -0.05) is 18.2 Å². The van der Waals surface area contributed by atoms with Crippen molar-refractivity contribution in [2.24, 2.45) is 0 Å². The summed E-state index contributed by atoms with van der Waals surface area (Å²) in [6.45, 7) is 13.8. The number of hydrogen-bond acceptors (Lipinski definition) is 5. The molecule has 0 saturated carbocycles. The van der Waals surface area contributed by atoms with Crippen LogP contribution in [0.5, 0.6) is 0 Å². The molecular formula is C23H37N3O5.